The second-order valence-corrected chi connectivity index (χ2v) is 7.27. The van der Waals surface area contributed by atoms with Gasteiger partial charge in [-0.15, -0.1) is 0 Å². The zero-order chi connectivity index (χ0) is 17.6. The number of rotatable bonds is 4. The van der Waals surface area contributed by atoms with Gasteiger partial charge in [0, 0.05) is 49.7 Å². The van der Waals surface area contributed by atoms with Crippen molar-refractivity contribution in [3.8, 4) is 0 Å². The monoisotopic (exact) mass is 363 g/mol. The fraction of sp³-hybridized carbons (Fsp3) is 0.579. The summed E-state index contributed by atoms with van der Waals surface area (Å²) in [5.74, 6) is 0.103. The fourth-order valence-electron chi connectivity index (χ4n) is 3.56. The highest BCUT2D eigenvalue weighted by atomic mass is 35.5. The first-order valence-corrected chi connectivity index (χ1v) is 9.56. The van der Waals surface area contributed by atoms with Crippen LogP contribution in [0.2, 0.25) is 5.02 Å². The molecule has 3 rings (SSSR count). The Morgan fingerprint density at radius 1 is 1.00 bits per heavy atom. The van der Waals surface area contributed by atoms with Crippen molar-refractivity contribution in [1.82, 2.24) is 14.7 Å². The standard InChI is InChI=1S/C19H26ClN3O2/c20-17-6-4-5-16(15-17)19(25)23-10-7-18(24)22(13-14-23)12-11-21-8-2-1-3-9-21/h4-6,15H,1-3,7-14H2. The number of carbonyl (C=O) groups is 2. The lowest BCUT2D eigenvalue weighted by atomic mass is 10.1. The molecule has 1 aromatic carbocycles. The average molecular weight is 364 g/mol. The van der Waals surface area contributed by atoms with Crippen LogP contribution in [0.4, 0.5) is 0 Å². The fourth-order valence-corrected chi connectivity index (χ4v) is 3.75. The van der Waals surface area contributed by atoms with E-state index in [1.165, 1.54) is 19.3 Å². The van der Waals surface area contributed by atoms with E-state index in [9.17, 15) is 9.59 Å². The van der Waals surface area contributed by atoms with Gasteiger partial charge in [-0.1, -0.05) is 24.1 Å². The number of benzene rings is 1. The van der Waals surface area contributed by atoms with Crippen LogP contribution in [-0.4, -0.2) is 72.3 Å². The summed E-state index contributed by atoms with van der Waals surface area (Å²) in [6.07, 6.45) is 4.23. The second-order valence-electron chi connectivity index (χ2n) is 6.84. The quantitative estimate of drug-likeness (QED) is 0.825. The molecule has 2 heterocycles. The third kappa shape index (κ3) is 4.95. The molecule has 2 aliphatic heterocycles. The molecule has 2 fully saturated rings. The van der Waals surface area contributed by atoms with Gasteiger partial charge in [-0.3, -0.25) is 9.59 Å². The van der Waals surface area contributed by atoms with E-state index in [-0.39, 0.29) is 11.8 Å². The number of hydrogen-bond acceptors (Lipinski definition) is 3. The van der Waals surface area contributed by atoms with Crippen molar-refractivity contribution >= 4 is 23.4 Å². The minimum atomic E-state index is -0.0480. The van der Waals surface area contributed by atoms with Gasteiger partial charge in [0.05, 0.1) is 0 Å². The summed E-state index contributed by atoms with van der Waals surface area (Å²) < 4.78 is 0. The number of hydrogen-bond donors (Lipinski definition) is 0. The molecule has 25 heavy (non-hydrogen) atoms. The van der Waals surface area contributed by atoms with Gasteiger partial charge in [0.25, 0.3) is 5.91 Å². The molecule has 2 amide bonds. The number of likely N-dealkylation sites (tertiary alicyclic amines) is 1. The van der Waals surface area contributed by atoms with Crippen molar-refractivity contribution in [3.05, 3.63) is 34.9 Å². The van der Waals surface area contributed by atoms with Gasteiger partial charge in [-0.25, -0.2) is 0 Å². The predicted octanol–water partition coefficient (Wildman–Crippen LogP) is 2.50. The lowest BCUT2D eigenvalue weighted by molar-refractivity contribution is -0.130. The van der Waals surface area contributed by atoms with Gasteiger partial charge in [0.15, 0.2) is 0 Å². The summed E-state index contributed by atoms with van der Waals surface area (Å²) in [6, 6.07) is 7.00. The van der Waals surface area contributed by atoms with Gasteiger partial charge < -0.3 is 14.7 Å². The molecule has 0 radical (unpaired) electrons. The molecule has 6 heteroatoms. The van der Waals surface area contributed by atoms with Crippen molar-refractivity contribution in [2.24, 2.45) is 0 Å². The lowest BCUT2D eigenvalue weighted by Gasteiger charge is -2.29. The number of piperidine rings is 1. The Morgan fingerprint density at radius 3 is 2.56 bits per heavy atom. The molecule has 0 atom stereocenters. The maximum Gasteiger partial charge on any atom is 0.253 e. The van der Waals surface area contributed by atoms with Gasteiger partial charge in [0.1, 0.15) is 0 Å². The van der Waals surface area contributed by atoms with E-state index >= 15 is 0 Å². The van der Waals surface area contributed by atoms with Gasteiger partial charge >= 0.3 is 0 Å². The van der Waals surface area contributed by atoms with Gasteiger partial charge in [-0.2, -0.15) is 0 Å². The van der Waals surface area contributed by atoms with E-state index in [2.05, 4.69) is 4.90 Å². The predicted molar refractivity (Wildman–Crippen MR) is 98.8 cm³/mol. The van der Waals surface area contributed by atoms with Crippen molar-refractivity contribution in [1.29, 1.82) is 0 Å². The number of carbonyl (C=O) groups excluding carboxylic acids is 2. The highest BCUT2D eigenvalue weighted by Crippen LogP contribution is 2.15. The summed E-state index contributed by atoms with van der Waals surface area (Å²) in [4.78, 5) is 31.2. The Balaban J connectivity index is 1.55. The summed E-state index contributed by atoms with van der Waals surface area (Å²) in [5.41, 5.74) is 0.585. The van der Waals surface area contributed by atoms with Gasteiger partial charge in [0.2, 0.25) is 5.91 Å². The molecule has 5 nitrogen and oxygen atoms in total. The number of halogens is 1. The minimum Gasteiger partial charge on any atom is -0.340 e. The van der Waals surface area contributed by atoms with Crippen LogP contribution in [-0.2, 0) is 4.79 Å². The maximum absolute atomic E-state index is 12.7. The second kappa shape index (κ2) is 8.68. The Morgan fingerprint density at radius 2 is 1.80 bits per heavy atom. The first-order chi connectivity index (χ1) is 12.1. The smallest absolute Gasteiger partial charge is 0.253 e. The lowest BCUT2D eigenvalue weighted by Crippen LogP contribution is -2.41. The van der Waals surface area contributed by atoms with Gasteiger partial charge in [-0.05, 0) is 44.1 Å². The van der Waals surface area contributed by atoms with Crippen LogP contribution in [0.1, 0.15) is 36.0 Å². The van der Waals surface area contributed by atoms with Crippen molar-refractivity contribution in [2.45, 2.75) is 25.7 Å². The van der Waals surface area contributed by atoms with E-state index in [1.54, 1.807) is 29.2 Å². The minimum absolute atomic E-state index is 0.0480. The summed E-state index contributed by atoms with van der Waals surface area (Å²) in [5, 5.41) is 0.555. The van der Waals surface area contributed by atoms with Crippen molar-refractivity contribution < 1.29 is 9.59 Å². The molecule has 0 bridgehead atoms. The van der Waals surface area contributed by atoms with E-state index in [1.807, 2.05) is 4.90 Å². The SMILES string of the molecule is O=C1CCN(C(=O)c2cccc(Cl)c2)CCN1CCN1CCCCC1. The first-order valence-electron chi connectivity index (χ1n) is 9.18. The molecular formula is C19H26ClN3O2. The third-order valence-corrected chi connectivity index (χ3v) is 5.32. The molecule has 136 valence electrons. The Kier molecular flexibility index (Phi) is 6.32. The van der Waals surface area contributed by atoms with E-state index in [0.717, 1.165) is 26.2 Å². The Bertz CT molecular complexity index is 616. The van der Waals surface area contributed by atoms with Crippen LogP contribution < -0.4 is 0 Å². The normalized spacial score (nSPS) is 19.8. The summed E-state index contributed by atoms with van der Waals surface area (Å²) in [6.45, 7) is 5.65. The van der Waals surface area contributed by atoms with Crippen LogP contribution in [0.3, 0.4) is 0 Å². The largest absolute Gasteiger partial charge is 0.340 e. The molecule has 0 saturated carbocycles. The molecule has 0 spiro atoms. The highest BCUT2D eigenvalue weighted by Gasteiger charge is 2.25. The summed E-state index contributed by atoms with van der Waals surface area (Å²) in [7, 11) is 0. The molecular weight excluding hydrogens is 338 g/mol. The average Bonchev–Trinajstić information content (AvgIpc) is 2.82. The van der Waals surface area contributed by atoms with Crippen LogP contribution >= 0.6 is 11.6 Å². The molecule has 0 aromatic heterocycles. The molecule has 2 aliphatic rings. The van der Waals surface area contributed by atoms with E-state index in [0.29, 0.717) is 36.6 Å². The highest BCUT2D eigenvalue weighted by molar-refractivity contribution is 6.30. The van der Waals surface area contributed by atoms with Crippen LogP contribution in [0, 0.1) is 0 Å². The molecule has 0 aliphatic carbocycles. The van der Waals surface area contributed by atoms with Crippen LogP contribution in [0.5, 0.6) is 0 Å². The maximum atomic E-state index is 12.7. The zero-order valence-electron chi connectivity index (χ0n) is 14.6. The third-order valence-electron chi connectivity index (χ3n) is 5.08. The number of nitrogens with zero attached hydrogens (tertiary/aromatic N) is 3. The number of amides is 2. The zero-order valence-corrected chi connectivity index (χ0v) is 15.4. The molecule has 0 unspecified atom stereocenters. The van der Waals surface area contributed by atoms with E-state index in [4.69, 9.17) is 11.6 Å². The molecule has 1 aromatic rings. The van der Waals surface area contributed by atoms with Crippen molar-refractivity contribution in [2.75, 3.05) is 45.8 Å². The molecule has 0 N–H and O–H groups in total. The van der Waals surface area contributed by atoms with Crippen LogP contribution in [0.15, 0.2) is 24.3 Å². The van der Waals surface area contributed by atoms with Crippen LogP contribution in [0.25, 0.3) is 0 Å². The Hall–Kier alpha value is -1.59. The van der Waals surface area contributed by atoms with Crippen molar-refractivity contribution in [3.63, 3.8) is 0 Å². The molecule has 2 saturated heterocycles. The van der Waals surface area contributed by atoms with E-state index < -0.39 is 0 Å². The summed E-state index contributed by atoms with van der Waals surface area (Å²) >= 11 is 5.98. The first kappa shape index (κ1) is 18.2. The topological polar surface area (TPSA) is 43.9 Å². The Labute approximate surface area is 154 Å².